The van der Waals surface area contributed by atoms with Gasteiger partial charge in [-0.05, 0) is 67.2 Å². The van der Waals surface area contributed by atoms with Crippen LogP contribution in [0.1, 0.15) is 5.56 Å². The van der Waals surface area contributed by atoms with Crippen LogP contribution in [0.5, 0.6) is 11.5 Å². The maximum absolute atomic E-state index is 12.4. The standard InChI is InChI=1S/C29H34N4O3S2/c1-33(16-17-37-20-21-4-9-24(35-2)10-5-21)15-14-30-19-28(34)31-23-8-13-26-27(18-23)38-29(32-26)22-6-11-25(36-3)12-7-22/h4-13,18,30H,14-17,19-20H2,1-3H3,(H,31,34). The topological polar surface area (TPSA) is 75.7 Å². The summed E-state index contributed by atoms with van der Waals surface area (Å²) < 4.78 is 11.5. The molecule has 0 aliphatic heterocycles. The molecule has 0 aliphatic rings. The van der Waals surface area contributed by atoms with Crippen LogP contribution in [0.3, 0.4) is 0 Å². The van der Waals surface area contributed by atoms with Gasteiger partial charge in [0.2, 0.25) is 5.91 Å². The third-order valence-corrected chi connectivity index (χ3v) is 8.09. The van der Waals surface area contributed by atoms with Crippen molar-refractivity contribution in [2.45, 2.75) is 5.75 Å². The summed E-state index contributed by atoms with van der Waals surface area (Å²) in [6.07, 6.45) is 0. The molecule has 3 aromatic carbocycles. The molecule has 0 fully saturated rings. The van der Waals surface area contributed by atoms with E-state index in [2.05, 4.69) is 34.7 Å². The first-order chi connectivity index (χ1) is 18.5. The van der Waals surface area contributed by atoms with Gasteiger partial charge in [-0.25, -0.2) is 4.98 Å². The summed E-state index contributed by atoms with van der Waals surface area (Å²) in [5.41, 5.74) is 4.04. The lowest BCUT2D eigenvalue weighted by molar-refractivity contribution is -0.115. The summed E-state index contributed by atoms with van der Waals surface area (Å²) >= 11 is 3.53. The van der Waals surface area contributed by atoms with E-state index < -0.39 is 0 Å². The largest absolute Gasteiger partial charge is 0.497 e. The van der Waals surface area contributed by atoms with E-state index in [1.54, 1.807) is 25.6 Å². The average molecular weight is 551 g/mol. The fraction of sp³-hybridized carbons (Fsp3) is 0.310. The maximum Gasteiger partial charge on any atom is 0.238 e. The van der Waals surface area contributed by atoms with Crippen molar-refractivity contribution in [3.8, 4) is 22.1 Å². The zero-order valence-corrected chi connectivity index (χ0v) is 23.7. The Kier molecular flexibility index (Phi) is 10.4. The van der Waals surface area contributed by atoms with Crippen molar-refractivity contribution in [3.05, 3.63) is 72.3 Å². The molecule has 0 radical (unpaired) electrons. The molecule has 38 heavy (non-hydrogen) atoms. The molecule has 200 valence electrons. The molecular weight excluding hydrogens is 516 g/mol. The van der Waals surface area contributed by atoms with Crippen LogP contribution in [0.15, 0.2) is 66.7 Å². The van der Waals surface area contributed by atoms with E-state index in [0.29, 0.717) is 0 Å². The van der Waals surface area contributed by atoms with Gasteiger partial charge in [-0.1, -0.05) is 12.1 Å². The second-order valence-electron chi connectivity index (χ2n) is 8.86. The highest BCUT2D eigenvalue weighted by molar-refractivity contribution is 7.98. The number of ether oxygens (including phenoxy) is 2. The fourth-order valence-corrected chi connectivity index (χ4v) is 5.80. The minimum absolute atomic E-state index is 0.0538. The number of anilines is 1. The number of thioether (sulfide) groups is 1. The number of aromatic nitrogens is 1. The van der Waals surface area contributed by atoms with Crippen molar-refractivity contribution >= 4 is 44.9 Å². The number of amides is 1. The Bertz CT molecular complexity index is 1310. The first-order valence-corrected chi connectivity index (χ1v) is 14.5. The summed E-state index contributed by atoms with van der Waals surface area (Å²) in [4.78, 5) is 19.5. The van der Waals surface area contributed by atoms with Gasteiger partial charge in [0.05, 0.1) is 31.0 Å². The number of likely N-dealkylation sites (N-methyl/N-ethyl adjacent to an activating group) is 1. The number of fused-ring (bicyclic) bond motifs is 1. The van der Waals surface area contributed by atoms with Crippen LogP contribution in [0.4, 0.5) is 5.69 Å². The maximum atomic E-state index is 12.4. The molecule has 0 saturated heterocycles. The molecule has 0 unspecified atom stereocenters. The van der Waals surface area contributed by atoms with Crippen molar-refractivity contribution in [3.63, 3.8) is 0 Å². The minimum atomic E-state index is -0.0538. The monoisotopic (exact) mass is 550 g/mol. The second kappa shape index (κ2) is 14.2. The van der Waals surface area contributed by atoms with E-state index >= 15 is 0 Å². The molecule has 0 spiro atoms. The lowest BCUT2D eigenvalue weighted by atomic mass is 10.2. The molecule has 1 aromatic heterocycles. The second-order valence-corrected chi connectivity index (χ2v) is 11.0. The Morgan fingerprint density at radius 3 is 2.39 bits per heavy atom. The van der Waals surface area contributed by atoms with Crippen molar-refractivity contribution in [2.75, 3.05) is 58.5 Å². The molecule has 9 heteroatoms. The third kappa shape index (κ3) is 8.19. The molecule has 0 saturated carbocycles. The first-order valence-electron chi connectivity index (χ1n) is 12.5. The van der Waals surface area contributed by atoms with E-state index in [1.165, 1.54) is 5.56 Å². The number of nitrogens with zero attached hydrogens (tertiary/aromatic N) is 2. The van der Waals surface area contributed by atoms with Crippen molar-refractivity contribution in [2.24, 2.45) is 0 Å². The van der Waals surface area contributed by atoms with Gasteiger partial charge in [0.25, 0.3) is 0 Å². The highest BCUT2D eigenvalue weighted by atomic mass is 32.2. The van der Waals surface area contributed by atoms with Gasteiger partial charge in [0, 0.05) is 42.4 Å². The summed E-state index contributed by atoms with van der Waals surface area (Å²) in [7, 11) is 5.45. The number of rotatable bonds is 14. The van der Waals surface area contributed by atoms with Gasteiger partial charge in [0.15, 0.2) is 0 Å². The van der Waals surface area contributed by atoms with Crippen LogP contribution < -0.4 is 20.1 Å². The molecule has 4 rings (SSSR count). The Balaban J connectivity index is 1.14. The Hall–Kier alpha value is -3.11. The molecule has 1 heterocycles. The number of methoxy groups -OCH3 is 2. The molecule has 4 aromatic rings. The van der Waals surface area contributed by atoms with Gasteiger partial charge >= 0.3 is 0 Å². The number of carbonyl (C=O) groups excluding carboxylic acids is 1. The predicted octanol–water partition coefficient (Wildman–Crippen LogP) is 5.37. The fourth-order valence-electron chi connectivity index (χ4n) is 3.78. The molecule has 7 nitrogen and oxygen atoms in total. The number of hydrogen-bond acceptors (Lipinski definition) is 8. The SMILES string of the molecule is COc1ccc(CSCCN(C)CCNCC(=O)Nc2ccc3nc(-c4ccc(OC)cc4)sc3c2)cc1. The van der Waals surface area contributed by atoms with Crippen molar-refractivity contribution < 1.29 is 14.3 Å². The van der Waals surface area contributed by atoms with Crippen molar-refractivity contribution in [1.82, 2.24) is 15.2 Å². The van der Waals surface area contributed by atoms with Gasteiger partial charge in [-0.3, -0.25) is 4.79 Å². The quantitative estimate of drug-likeness (QED) is 0.204. The van der Waals surface area contributed by atoms with E-state index in [-0.39, 0.29) is 12.5 Å². The van der Waals surface area contributed by atoms with Gasteiger partial charge in [-0.15, -0.1) is 11.3 Å². The van der Waals surface area contributed by atoms with Crippen LogP contribution in [0.2, 0.25) is 0 Å². The smallest absolute Gasteiger partial charge is 0.238 e. The first kappa shape index (κ1) is 27.9. The molecule has 0 atom stereocenters. The highest BCUT2D eigenvalue weighted by Gasteiger charge is 2.09. The molecule has 0 aliphatic carbocycles. The summed E-state index contributed by atoms with van der Waals surface area (Å²) in [5, 5.41) is 7.17. The van der Waals surface area contributed by atoms with Crippen LogP contribution in [-0.2, 0) is 10.5 Å². The molecule has 1 amide bonds. The van der Waals surface area contributed by atoms with Gasteiger partial charge in [0.1, 0.15) is 16.5 Å². The lowest BCUT2D eigenvalue weighted by Gasteiger charge is -2.16. The third-order valence-electron chi connectivity index (χ3n) is 6.01. The van der Waals surface area contributed by atoms with Gasteiger partial charge in [-0.2, -0.15) is 11.8 Å². The summed E-state index contributed by atoms with van der Waals surface area (Å²) in [6.45, 7) is 2.92. The van der Waals surface area contributed by atoms with Crippen molar-refractivity contribution in [1.29, 1.82) is 0 Å². The van der Waals surface area contributed by atoms with Gasteiger partial charge < -0.3 is 25.0 Å². The number of benzene rings is 3. The Morgan fingerprint density at radius 2 is 1.68 bits per heavy atom. The predicted molar refractivity (Wildman–Crippen MR) is 160 cm³/mol. The van der Waals surface area contributed by atoms with Crippen LogP contribution in [0.25, 0.3) is 20.8 Å². The highest BCUT2D eigenvalue weighted by Crippen LogP contribution is 2.32. The average Bonchev–Trinajstić information content (AvgIpc) is 3.37. The number of carbonyl (C=O) groups is 1. The summed E-state index contributed by atoms with van der Waals surface area (Å²) in [5.74, 6) is 3.71. The van der Waals surface area contributed by atoms with Crippen LogP contribution >= 0.6 is 23.1 Å². The van der Waals surface area contributed by atoms with Crippen LogP contribution in [0, 0.1) is 0 Å². The van der Waals surface area contributed by atoms with E-state index in [0.717, 1.165) is 69.1 Å². The van der Waals surface area contributed by atoms with E-state index in [1.807, 2.05) is 66.4 Å². The zero-order valence-electron chi connectivity index (χ0n) is 22.0. The minimum Gasteiger partial charge on any atom is -0.497 e. The zero-order chi connectivity index (χ0) is 26.7. The molecule has 0 bridgehead atoms. The van der Waals surface area contributed by atoms with Crippen LogP contribution in [-0.4, -0.2) is 69.0 Å². The molecular formula is C29H34N4O3S2. The number of hydrogen-bond donors (Lipinski definition) is 2. The number of thiazole rings is 1. The molecule has 2 N–H and O–H groups in total. The number of nitrogens with one attached hydrogen (secondary N) is 2. The Morgan fingerprint density at radius 1 is 0.974 bits per heavy atom. The van der Waals surface area contributed by atoms with E-state index in [9.17, 15) is 4.79 Å². The lowest BCUT2D eigenvalue weighted by Crippen LogP contribution is -2.35. The summed E-state index contributed by atoms with van der Waals surface area (Å²) in [6, 6.07) is 21.9. The normalized spacial score (nSPS) is 11.2. The Labute approximate surface area is 232 Å². The van der Waals surface area contributed by atoms with E-state index in [4.69, 9.17) is 14.5 Å².